The molecule has 0 unspecified atom stereocenters. The van der Waals surface area contributed by atoms with E-state index in [9.17, 15) is 9.59 Å². The topological polar surface area (TPSA) is 142 Å². The van der Waals surface area contributed by atoms with Gasteiger partial charge < -0.3 is 27.0 Å². The van der Waals surface area contributed by atoms with Gasteiger partial charge in [0.1, 0.15) is 0 Å². The molecule has 2 atom stereocenters. The summed E-state index contributed by atoms with van der Waals surface area (Å²) in [7, 11) is 0. The maximum Gasteiger partial charge on any atom is 0.231 e. The lowest BCUT2D eigenvalue weighted by Gasteiger charge is -2.10. The summed E-state index contributed by atoms with van der Waals surface area (Å²) >= 11 is 2.84. The molecule has 0 spiro atoms. The minimum absolute atomic E-state index is 0.0648. The SMILES string of the molecule is NC(=O)CBr.NC(=O)CN1CC[C@H](O)C1.O[C@H]1CCNC1. The number of hydrogen-bond donors (Lipinski definition) is 5. The Morgan fingerprint density at radius 3 is 2.05 bits per heavy atom. The number of carbonyl (C=O) groups is 2. The first-order valence-corrected chi connectivity index (χ1v) is 7.89. The van der Waals surface area contributed by atoms with E-state index in [-0.39, 0.29) is 35.9 Å². The Balaban J connectivity index is 0.000000312. The van der Waals surface area contributed by atoms with Crippen LogP contribution >= 0.6 is 15.9 Å². The molecule has 7 N–H and O–H groups in total. The molecule has 2 fully saturated rings. The van der Waals surface area contributed by atoms with Crippen LogP contribution in [0.25, 0.3) is 0 Å². The first kappa shape index (κ1) is 20.3. The quantitative estimate of drug-likeness (QED) is 0.356. The number of aliphatic hydroxyl groups is 2. The molecule has 8 nitrogen and oxygen atoms in total. The first-order chi connectivity index (χ1) is 9.85. The number of aliphatic hydroxyl groups excluding tert-OH is 2. The van der Waals surface area contributed by atoms with Gasteiger partial charge in [0.2, 0.25) is 11.8 Å². The number of likely N-dealkylation sites (tertiary alicyclic amines) is 1. The third-order valence-electron chi connectivity index (χ3n) is 2.79. The number of β-amino-alcohol motifs (C(OH)–C–C–N with tert-alkyl or cyclic N) is 2. The fourth-order valence-electron chi connectivity index (χ4n) is 1.82. The fraction of sp³-hybridized carbons (Fsp3) is 0.833. The summed E-state index contributed by atoms with van der Waals surface area (Å²) in [6.07, 6.45) is 1.36. The van der Waals surface area contributed by atoms with Crippen LogP contribution in [0.2, 0.25) is 0 Å². The molecule has 2 saturated heterocycles. The number of alkyl halides is 1. The molecular weight excluding hydrogens is 344 g/mol. The van der Waals surface area contributed by atoms with Crippen molar-refractivity contribution in [2.75, 3.05) is 38.1 Å². The Kier molecular flexibility index (Phi) is 11.5. The highest BCUT2D eigenvalue weighted by molar-refractivity contribution is 9.09. The second-order valence-electron chi connectivity index (χ2n) is 4.89. The standard InChI is InChI=1S/C6H12N2O2.C4H9NO.C2H4BrNO/c7-6(10)4-8-2-1-5(9)3-8;6-4-1-2-5-3-4;3-1-2(4)5/h5,9H,1-4H2,(H2,7,10);4-6H,1-3H2;1H2,(H2,4,5)/t5-;4-;/m00./s1. The fourth-order valence-corrected chi connectivity index (χ4v) is 1.82. The van der Waals surface area contributed by atoms with E-state index in [1.54, 1.807) is 0 Å². The molecule has 0 saturated carbocycles. The van der Waals surface area contributed by atoms with Crippen LogP contribution < -0.4 is 16.8 Å². The number of hydrogen-bond acceptors (Lipinski definition) is 6. The van der Waals surface area contributed by atoms with Crippen molar-refractivity contribution in [1.82, 2.24) is 10.2 Å². The molecule has 21 heavy (non-hydrogen) atoms. The number of primary amides is 2. The van der Waals surface area contributed by atoms with Gasteiger partial charge in [0.15, 0.2) is 0 Å². The lowest BCUT2D eigenvalue weighted by Crippen LogP contribution is -2.32. The van der Waals surface area contributed by atoms with Gasteiger partial charge in [0.05, 0.1) is 24.1 Å². The van der Waals surface area contributed by atoms with Crippen LogP contribution in [0.1, 0.15) is 12.8 Å². The summed E-state index contributed by atoms with van der Waals surface area (Å²) in [5.74, 6) is -0.654. The Morgan fingerprint density at radius 1 is 1.19 bits per heavy atom. The third kappa shape index (κ3) is 12.7. The second kappa shape index (κ2) is 11.9. The van der Waals surface area contributed by atoms with Crippen LogP contribution in [-0.2, 0) is 9.59 Å². The van der Waals surface area contributed by atoms with Crippen molar-refractivity contribution >= 4 is 27.7 Å². The molecule has 124 valence electrons. The Bertz CT molecular complexity index is 314. The summed E-state index contributed by atoms with van der Waals surface area (Å²) in [5.41, 5.74) is 9.56. The van der Waals surface area contributed by atoms with Gasteiger partial charge in [-0.15, -0.1) is 0 Å². The molecule has 0 aromatic heterocycles. The van der Waals surface area contributed by atoms with Crippen LogP contribution in [0.4, 0.5) is 0 Å². The molecule has 2 aliphatic rings. The van der Waals surface area contributed by atoms with Gasteiger partial charge in [0, 0.05) is 19.6 Å². The van der Waals surface area contributed by atoms with Gasteiger partial charge in [-0.2, -0.15) is 0 Å². The first-order valence-electron chi connectivity index (χ1n) is 6.77. The maximum atomic E-state index is 10.4. The monoisotopic (exact) mass is 368 g/mol. The predicted molar refractivity (Wildman–Crippen MR) is 82.7 cm³/mol. The number of nitrogens with two attached hydrogens (primary N) is 2. The van der Waals surface area contributed by atoms with Crippen LogP contribution in [0, 0.1) is 0 Å². The van der Waals surface area contributed by atoms with Crippen LogP contribution in [0.3, 0.4) is 0 Å². The highest BCUT2D eigenvalue weighted by Gasteiger charge is 2.20. The average Bonchev–Trinajstić information content (AvgIpc) is 3.02. The van der Waals surface area contributed by atoms with Gasteiger partial charge in [-0.05, 0) is 19.4 Å². The van der Waals surface area contributed by atoms with E-state index >= 15 is 0 Å². The van der Waals surface area contributed by atoms with E-state index in [2.05, 4.69) is 27.0 Å². The lowest BCUT2D eigenvalue weighted by molar-refractivity contribution is -0.119. The highest BCUT2D eigenvalue weighted by Crippen LogP contribution is 2.06. The molecular formula is C12H25BrN4O4. The molecule has 2 rings (SSSR count). The zero-order valence-electron chi connectivity index (χ0n) is 12.0. The molecule has 0 radical (unpaired) electrons. The lowest BCUT2D eigenvalue weighted by atomic mass is 10.3. The largest absolute Gasteiger partial charge is 0.392 e. The van der Waals surface area contributed by atoms with Gasteiger partial charge >= 0.3 is 0 Å². The molecule has 0 bridgehead atoms. The normalized spacial score (nSPS) is 24.5. The Labute approximate surface area is 133 Å². The van der Waals surface area contributed by atoms with Gasteiger partial charge in [0.25, 0.3) is 0 Å². The molecule has 9 heteroatoms. The van der Waals surface area contributed by atoms with Crippen molar-refractivity contribution in [3.8, 4) is 0 Å². The van der Waals surface area contributed by atoms with E-state index in [1.807, 2.05) is 4.90 Å². The van der Waals surface area contributed by atoms with Crippen LogP contribution in [0.15, 0.2) is 0 Å². The van der Waals surface area contributed by atoms with E-state index < -0.39 is 0 Å². The molecule has 2 heterocycles. The Morgan fingerprint density at radius 2 is 1.81 bits per heavy atom. The maximum absolute atomic E-state index is 10.4. The Hall–Kier alpha value is -0.740. The van der Waals surface area contributed by atoms with E-state index in [0.29, 0.717) is 6.54 Å². The number of amides is 2. The highest BCUT2D eigenvalue weighted by atomic mass is 79.9. The number of nitrogens with zero attached hydrogens (tertiary/aromatic N) is 1. The van der Waals surface area contributed by atoms with Gasteiger partial charge in [-0.25, -0.2) is 0 Å². The summed E-state index contributed by atoms with van der Waals surface area (Å²) < 4.78 is 0. The van der Waals surface area contributed by atoms with Crippen LogP contribution in [0.5, 0.6) is 0 Å². The van der Waals surface area contributed by atoms with Crippen molar-refractivity contribution in [2.45, 2.75) is 25.0 Å². The van der Waals surface area contributed by atoms with Crippen molar-refractivity contribution < 1.29 is 19.8 Å². The molecule has 0 aromatic rings. The predicted octanol–water partition coefficient (Wildman–Crippen LogP) is -2.25. The van der Waals surface area contributed by atoms with E-state index in [1.165, 1.54) is 0 Å². The molecule has 0 aliphatic carbocycles. The average molecular weight is 369 g/mol. The number of halogens is 1. The number of nitrogens with one attached hydrogen (secondary N) is 1. The summed E-state index contributed by atoms with van der Waals surface area (Å²) in [6, 6.07) is 0. The number of rotatable bonds is 3. The van der Waals surface area contributed by atoms with Gasteiger partial charge in [-0.3, -0.25) is 14.5 Å². The summed E-state index contributed by atoms with van der Waals surface area (Å²) in [6.45, 7) is 3.42. The van der Waals surface area contributed by atoms with Gasteiger partial charge in [-0.1, -0.05) is 15.9 Å². The third-order valence-corrected chi connectivity index (χ3v) is 3.35. The summed E-state index contributed by atoms with van der Waals surface area (Å²) in [4.78, 5) is 21.8. The van der Waals surface area contributed by atoms with Crippen LogP contribution in [-0.4, -0.2) is 77.2 Å². The molecule has 0 aromatic carbocycles. The minimum atomic E-state index is -0.329. The van der Waals surface area contributed by atoms with Crippen molar-refractivity contribution in [1.29, 1.82) is 0 Å². The summed E-state index contributed by atoms with van der Waals surface area (Å²) in [5, 5.41) is 21.0. The van der Waals surface area contributed by atoms with E-state index in [4.69, 9.17) is 15.9 Å². The molecule has 2 aliphatic heterocycles. The zero-order valence-corrected chi connectivity index (χ0v) is 13.6. The smallest absolute Gasteiger partial charge is 0.231 e. The second-order valence-corrected chi connectivity index (χ2v) is 5.45. The van der Waals surface area contributed by atoms with Crippen molar-refractivity contribution in [3.63, 3.8) is 0 Å². The van der Waals surface area contributed by atoms with Crippen molar-refractivity contribution in [2.24, 2.45) is 11.5 Å². The van der Waals surface area contributed by atoms with E-state index in [0.717, 1.165) is 32.5 Å². The van der Waals surface area contributed by atoms with Crippen molar-refractivity contribution in [3.05, 3.63) is 0 Å². The zero-order chi connectivity index (χ0) is 16.3. The molecule has 2 amide bonds. The minimum Gasteiger partial charge on any atom is -0.392 e. The number of carbonyl (C=O) groups excluding carboxylic acids is 2.